The number of hydrogen-bond donors (Lipinski definition) is 0. The zero-order chi connectivity index (χ0) is 16.4. The van der Waals surface area contributed by atoms with Crippen LogP contribution in [-0.2, 0) is 0 Å². The van der Waals surface area contributed by atoms with E-state index in [1.807, 2.05) is 70.1 Å². The molecule has 0 unspecified atom stereocenters. The van der Waals surface area contributed by atoms with Gasteiger partial charge < -0.3 is 0 Å². The molecule has 24 heavy (non-hydrogen) atoms. The third kappa shape index (κ3) is 2.91. The maximum absolute atomic E-state index is 13.5. The molecule has 0 saturated heterocycles. The first-order chi connectivity index (χ1) is 11.8. The lowest BCUT2D eigenvalue weighted by atomic mass is 10.4. The zero-order valence-corrected chi connectivity index (χ0v) is 15.6. The highest BCUT2D eigenvalue weighted by Gasteiger charge is 2.29. The molecule has 0 fully saturated rings. The quantitative estimate of drug-likeness (QED) is 0.368. The molecule has 0 saturated carbocycles. The average molecular weight is 389 g/mol. The molecule has 0 aliphatic carbocycles. The second-order valence-electron chi connectivity index (χ2n) is 4.76. The maximum atomic E-state index is 13.5. The molecule has 2 amide bonds. The number of nitrogens with zero attached hydrogens (tertiary/aromatic N) is 2. The van der Waals surface area contributed by atoms with Crippen LogP contribution < -0.4 is 9.80 Å². The van der Waals surface area contributed by atoms with Crippen LogP contribution in [-0.4, -0.2) is 6.03 Å². The highest BCUT2D eigenvalue weighted by atomic mass is 32.1. The van der Waals surface area contributed by atoms with Gasteiger partial charge in [0.15, 0.2) is 0 Å². The van der Waals surface area contributed by atoms with E-state index in [-0.39, 0.29) is 6.03 Å². The lowest BCUT2D eigenvalue weighted by Gasteiger charge is -2.27. The van der Waals surface area contributed by atoms with E-state index in [4.69, 9.17) is 0 Å². The van der Waals surface area contributed by atoms with Gasteiger partial charge in [-0.3, -0.25) is 0 Å². The van der Waals surface area contributed by atoms with Gasteiger partial charge in [0.25, 0.3) is 0 Å². The average Bonchev–Trinajstić information content (AvgIpc) is 3.38. The molecule has 0 spiro atoms. The van der Waals surface area contributed by atoms with Crippen molar-refractivity contribution < 1.29 is 4.79 Å². The number of urea groups is 1. The van der Waals surface area contributed by atoms with Crippen LogP contribution in [0.25, 0.3) is 0 Å². The molecule has 0 bridgehead atoms. The standard InChI is InChI=1S/C17H12N2OS4/c20-17(18(13-5-1-9-21-13)14-6-2-10-22-14)19(15-7-3-11-23-15)16-8-4-12-24-16/h1-12H. The van der Waals surface area contributed by atoms with Gasteiger partial charge in [0.2, 0.25) is 0 Å². The molecular weight excluding hydrogens is 376 g/mol. The molecule has 4 heterocycles. The third-order valence-electron chi connectivity index (χ3n) is 3.29. The fourth-order valence-corrected chi connectivity index (χ4v) is 5.34. The SMILES string of the molecule is O=C(N(c1cccs1)c1cccs1)N(c1cccs1)c1cccs1. The van der Waals surface area contributed by atoms with Crippen molar-refractivity contribution in [2.45, 2.75) is 0 Å². The monoisotopic (exact) mass is 388 g/mol. The summed E-state index contributed by atoms with van der Waals surface area (Å²) in [6.07, 6.45) is 0. The van der Waals surface area contributed by atoms with Crippen LogP contribution in [0, 0.1) is 0 Å². The van der Waals surface area contributed by atoms with Crippen LogP contribution in [0.3, 0.4) is 0 Å². The van der Waals surface area contributed by atoms with Gasteiger partial charge in [-0.15, -0.1) is 45.3 Å². The second kappa shape index (κ2) is 6.90. The fourth-order valence-electron chi connectivity index (χ4n) is 2.28. The molecule has 7 heteroatoms. The topological polar surface area (TPSA) is 23.6 Å². The maximum Gasteiger partial charge on any atom is 0.340 e. The smallest absolute Gasteiger partial charge is 0.247 e. The van der Waals surface area contributed by atoms with Crippen molar-refractivity contribution in [1.82, 2.24) is 0 Å². The highest BCUT2D eigenvalue weighted by molar-refractivity contribution is 7.18. The number of carbonyl (C=O) groups is 1. The van der Waals surface area contributed by atoms with E-state index in [0.29, 0.717) is 0 Å². The molecule has 0 N–H and O–H groups in total. The number of thiophene rings is 4. The summed E-state index contributed by atoms with van der Waals surface area (Å²) in [6, 6.07) is 15.7. The van der Waals surface area contributed by atoms with Crippen molar-refractivity contribution in [3.8, 4) is 0 Å². The van der Waals surface area contributed by atoms with Gasteiger partial charge in [-0.25, -0.2) is 14.6 Å². The van der Waals surface area contributed by atoms with Gasteiger partial charge in [0.1, 0.15) is 20.0 Å². The largest absolute Gasteiger partial charge is 0.340 e. The van der Waals surface area contributed by atoms with E-state index in [0.717, 1.165) is 20.0 Å². The Hall–Kier alpha value is -1.93. The van der Waals surface area contributed by atoms with Gasteiger partial charge in [0.05, 0.1) is 0 Å². The van der Waals surface area contributed by atoms with Crippen molar-refractivity contribution >= 4 is 71.4 Å². The zero-order valence-electron chi connectivity index (χ0n) is 12.4. The molecular formula is C17H12N2OS4. The van der Waals surface area contributed by atoms with E-state index < -0.39 is 0 Å². The van der Waals surface area contributed by atoms with Crippen LogP contribution in [0.4, 0.5) is 24.8 Å². The first-order valence-corrected chi connectivity index (χ1v) is 10.6. The molecule has 3 nitrogen and oxygen atoms in total. The summed E-state index contributed by atoms with van der Waals surface area (Å²) in [5, 5.41) is 11.6. The Labute approximate surface area is 155 Å². The van der Waals surface area contributed by atoms with Crippen LogP contribution in [0.5, 0.6) is 0 Å². The van der Waals surface area contributed by atoms with Crippen molar-refractivity contribution in [2.75, 3.05) is 9.80 Å². The summed E-state index contributed by atoms with van der Waals surface area (Å²) in [4.78, 5) is 17.1. The minimum absolute atomic E-state index is 0.0650. The van der Waals surface area contributed by atoms with Gasteiger partial charge in [0, 0.05) is 0 Å². The minimum atomic E-state index is -0.0650. The molecule has 0 aliphatic heterocycles. The van der Waals surface area contributed by atoms with E-state index >= 15 is 0 Å². The molecule has 4 aromatic heterocycles. The van der Waals surface area contributed by atoms with Gasteiger partial charge in [-0.1, -0.05) is 0 Å². The predicted octanol–water partition coefficient (Wildman–Crippen LogP) is 7.03. The van der Waals surface area contributed by atoms with Crippen molar-refractivity contribution in [3.05, 3.63) is 70.1 Å². The third-order valence-corrected chi connectivity index (χ3v) is 6.70. The Kier molecular flexibility index (Phi) is 4.48. The summed E-state index contributed by atoms with van der Waals surface area (Å²) in [7, 11) is 0. The molecule has 4 aromatic rings. The Morgan fingerprint density at radius 2 is 0.875 bits per heavy atom. The number of hydrogen-bond acceptors (Lipinski definition) is 5. The summed E-state index contributed by atoms with van der Waals surface area (Å²) >= 11 is 6.25. The van der Waals surface area contributed by atoms with Crippen molar-refractivity contribution in [1.29, 1.82) is 0 Å². The lowest BCUT2D eigenvalue weighted by Crippen LogP contribution is -2.36. The minimum Gasteiger partial charge on any atom is -0.247 e. The van der Waals surface area contributed by atoms with E-state index in [2.05, 4.69) is 0 Å². The van der Waals surface area contributed by atoms with E-state index in [1.165, 1.54) is 0 Å². The first kappa shape index (κ1) is 15.6. The summed E-state index contributed by atoms with van der Waals surface area (Å²) < 4.78 is 0. The Morgan fingerprint density at radius 1 is 0.583 bits per heavy atom. The molecule has 120 valence electrons. The Balaban J connectivity index is 1.80. The number of rotatable bonds is 4. The van der Waals surface area contributed by atoms with Crippen LogP contribution >= 0.6 is 45.3 Å². The van der Waals surface area contributed by atoms with E-state index in [1.54, 1.807) is 55.1 Å². The summed E-state index contributed by atoms with van der Waals surface area (Å²) in [5.41, 5.74) is 0. The van der Waals surface area contributed by atoms with Crippen LogP contribution in [0.15, 0.2) is 70.1 Å². The normalized spacial score (nSPS) is 10.7. The summed E-state index contributed by atoms with van der Waals surface area (Å²) in [5.74, 6) is 0. The number of amides is 2. The summed E-state index contributed by atoms with van der Waals surface area (Å²) in [6.45, 7) is 0. The van der Waals surface area contributed by atoms with Crippen LogP contribution in [0.1, 0.15) is 0 Å². The van der Waals surface area contributed by atoms with Gasteiger partial charge in [-0.2, -0.15) is 0 Å². The highest BCUT2D eigenvalue weighted by Crippen LogP contribution is 2.39. The van der Waals surface area contributed by atoms with E-state index in [9.17, 15) is 4.79 Å². The lowest BCUT2D eigenvalue weighted by molar-refractivity contribution is 0.256. The van der Waals surface area contributed by atoms with Crippen molar-refractivity contribution in [3.63, 3.8) is 0 Å². The Bertz CT molecular complexity index is 738. The second-order valence-corrected chi connectivity index (χ2v) is 8.46. The molecule has 4 rings (SSSR count). The molecule has 0 aromatic carbocycles. The predicted molar refractivity (Wildman–Crippen MR) is 107 cm³/mol. The van der Waals surface area contributed by atoms with Gasteiger partial charge >= 0.3 is 6.03 Å². The van der Waals surface area contributed by atoms with Crippen molar-refractivity contribution in [2.24, 2.45) is 0 Å². The van der Waals surface area contributed by atoms with Gasteiger partial charge in [-0.05, 0) is 70.1 Å². The Morgan fingerprint density at radius 3 is 1.08 bits per heavy atom. The first-order valence-electron chi connectivity index (χ1n) is 7.13. The molecule has 0 atom stereocenters. The number of carbonyl (C=O) groups excluding carboxylic acids is 1. The number of anilines is 4. The molecule has 0 radical (unpaired) electrons. The molecule has 0 aliphatic rings. The fraction of sp³-hybridized carbons (Fsp3) is 0. The van der Waals surface area contributed by atoms with Crippen LogP contribution in [0.2, 0.25) is 0 Å².